The van der Waals surface area contributed by atoms with Crippen molar-refractivity contribution in [3.8, 4) is 0 Å². The summed E-state index contributed by atoms with van der Waals surface area (Å²) in [7, 11) is -2.40. The summed E-state index contributed by atoms with van der Waals surface area (Å²) in [4.78, 5) is 25.5. The highest BCUT2D eigenvalue weighted by atomic mass is 32.2. The average Bonchev–Trinajstić information content (AvgIpc) is 2.67. The number of ether oxygens (including phenoxy) is 1. The van der Waals surface area contributed by atoms with E-state index in [0.29, 0.717) is 32.5 Å². The molecule has 1 aromatic carbocycles. The molecule has 9 nitrogen and oxygen atoms in total. The van der Waals surface area contributed by atoms with Crippen LogP contribution in [0.25, 0.3) is 0 Å². The van der Waals surface area contributed by atoms with Gasteiger partial charge in [-0.25, -0.2) is 18.6 Å². The number of hydrazone groups is 1. The molecule has 1 saturated heterocycles. The lowest BCUT2D eigenvalue weighted by atomic mass is 10.1. The zero-order valence-corrected chi connectivity index (χ0v) is 17.2. The molecule has 0 unspecified atom stereocenters. The number of piperidine rings is 1. The Morgan fingerprint density at radius 1 is 1.21 bits per heavy atom. The minimum atomic E-state index is -3.75. The second kappa shape index (κ2) is 9.65. The largest absolute Gasteiger partial charge is 0.450 e. The van der Waals surface area contributed by atoms with Crippen LogP contribution in [0.5, 0.6) is 0 Å². The normalized spacial score (nSPS) is 14.7. The van der Waals surface area contributed by atoms with E-state index in [9.17, 15) is 18.0 Å². The molecule has 154 valence electrons. The number of hydrogen-bond donors (Lipinski definition) is 1. The molecule has 1 N–H and O–H groups in total. The minimum Gasteiger partial charge on any atom is -0.450 e. The SMILES string of the molecule is CCOC(=O)N1CCC(=NNC(=O)CN(C)S(=O)(=O)c2ccc(C)cc2)CC1. The van der Waals surface area contributed by atoms with E-state index in [1.54, 1.807) is 24.0 Å². The molecule has 0 saturated carbocycles. The zero-order valence-electron chi connectivity index (χ0n) is 16.3. The summed E-state index contributed by atoms with van der Waals surface area (Å²) in [6, 6.07) is 6.43. The summed E-state index contributed by atoms with van der Waals surface area (Å²) in [5.74, 6) is -0.529. The Bertz CT molecular complexity index is 826. The standard InChI is InChI=1S/C18H26N4O5S/c1-4-27-18(24)22-11-9-15(10-12-22)19-20-17(23)13-21(3)28(25,26)16-7-5-14(2)6-8-16/h5-8H,4,9-13H2,1-3H3,(H,20,23). The van der Waals surface area contributed by atoms with Crippen LogP contribution in [0.15, 0.2) is 34.3 Å². The van der Waals surface area contributed by atoms with E-state index in [2.05, 4.69) is 10.5 Å². The fourth-order valence-corrected chi connectivity index (χ4v) is 3.76. The number of carbonyl (C=O) groups excluding carboxylic acids is 2. The summed E-state index contributed by atoms with van der Waals surface area (Å²) >= 11 is 0. The Morgan fingerprint density at radius 3 is 2.39 bits per heavy atom. The van der Waals surface area contributed by atoms with Gasteiger partial charge in [0, 0.05) is 38.7 Å². The van der Waals surface area contributed by atoms with Gasteiger partial charge in [0.15, 0.2) is 0 Å². The Hall–Kier alpha value is -2.46. The van der Waals surface area contributed by atoms with Gasteiger partial charge in [0.2, 0.25) is 10.0 Å². The van der Waals surface area contributed by atoms with E-state index in [0.717, 1.165) is 15.6 Å². The number of likely N-dealkylation sites (N-methyl/N-ethyl adjacent to an activating group) is 1. The number of hydrogen-bond acceptors (Lipinski definition) is 6. The van der Waals surface area contributed by atoms with Gasteiger partial charge in [-0.15, -0.1) is 0 Å². The third-order valence-electron chi connectivity index (χ3n) is 4.30. The van der Waals surface area contributed by atoms with Gasteiger partial charge in [-0.3, -0.25) is 4.79 Å². The Labute approximate surface area is 165 Å². The number of likely N-dealkylation sites (tertiary alicyclic amines) is 1. The molecule has 2 rings (SSSR count). The van der Waals surface area contributed by atoms with Gasteiger partial charge >= 0.3 is 6.09 Å². The van der Waals surface area contributed by atoms with Gasteiger partial charge in [-0.2, -0.15) is 9.41 Å². The number of nitrogens with zero attached hydrogens (tertiary/aromatic N) is 3. The predicted molar refractivity (Wildman–Crippen MR) is 104 cm³/mol. The van der Waals surface area contributed by atoms with Crippen molar-refractivity contribution >= 4 is 27.7 Å². The lowest BCUT2D eigenvalue weighted by Gasteiger charge is -2.26. The van der Waals surface area contributed by atoms with Crippen molar-refractivity contribution in [3.05, 3.63) is 29.8 Å². The van der Waals surface area contributed by atoms with Gasteiger partial charge in [0.05, 0.1) is 18.0 Å². The molecule has 0 atom stereocenters. The van der Waals surface area contributed by atoms with Crippen molar-refractivity contribution < 1.29 is 22.7 Å². The van der Waals surface area contributed by atoms with Crippen molar-refractivity contribution in [3.63, 3.8) is 0 Å². The maximum atomic E-state index is 12.5. The van der Waals surface area contributed by atoms with Gasteiger partial charge in [0.1, 0.15) is 0 Å². The van der Waals surface area contributed by atoms with Crippen LogP contribution in [0.2, 0.25) is 0 Å². The number of sulfonamides is 1. The van der Waals surface area contributed by atoms with Crippen molar-refractivity contribution in [2.24, 2.45) is 5.10 Å². The molecule has 0 aromatic heterocycles. The van der Waals surface area contributed by atoms with Gasteiger partial charge in [-0.1, -0.05) is 17.7 Å². The van der Waals surface area contributed by atoms with Crippen molar-refractivity contribution in [1.82, 2.24) is 14.6 Å². The number of benzene rings is 1. The van der Waals surface area contributed by atoms with Crippen LogP contribution in [0.1, 0.15) is 25.3 Å². The third-order valence-corrected chi connectivity index (χ3v) is 6.12. The summed E-state index contributed by atoms with van der Waals surface area (Å²) in [5, 5.41) is 4.06. The highest BCUT2D eigenvalue weighted by Crippen LogP contribution is 2.14. The van der Waals surface area contributed by atoms with Gasteiger partial charge in [-0.05, 0) is 26.0 Å². The summed E-state index contributed by atoms with van der Waals surface area (Å²) in [6.45, 7) is 4.53. The fraction of sp³-hybridized carbons (Fsp3) is 0.500. The topological polar surface area (TPSA) is 108 Å². The molecule has 1 heterocycles. The first-order valence-corrected chi connectivity index (χ1v) is 10.5. The summed E-state index contributed by atoms with van der Waals surface area (Å²) in [5.41, 5.74) is 4.09. The second-order valence-corrected chi connectivity index (χ2v) is 8.52. The van der Waals surface area contributed by atoms with E-state index >= 15 is 0 Å². The quantitative estimate of drug-likeness (QED) is 0.712. The molecule has 0 aliphatic carbocycles. The van der Waals surface area contributed by atoms with Crippen LogP contribution in [-0.2, 0) is 19.6 Å². The lowest BCUT2D eigenvalue weighted by Crippen LogP contribution is -2.40. The Kier molecular flexibility index (Phi) is 7.53. The van der Waals surface area contributed by atoms with E-state index in [1.807, 2.05) is 6.92 Å². The molecule has 0 spiro atoms. The molecule has 2 amide bonds. The van der Waals surface area contributed by atoms with Crippen LogP contribution >= 0.6 is 0 Å². The lowest BCUT2D eigenvalue weighted by molar-refractivity contribution is -0.121. The predicted octanol–water partition coefficient (Wildman–Crippen LogP) is 1.34. The maximum Gasteiger partial charge on any atom is 0.409 e. The number of nitrogens with one attached hydrogen (secondary N) is 1. The second-order valence-electron chi connectivity index (χ2n) is 6.47. The molecule has 1 aliphatic heterocycles. The number of amides is 2. The Balaban J connectivity index is 1.86. The van der Waals surface area contributed by atoms with Crippen LogP contribution in [-0.4, -0.2) is 68.6 Å². The van der Waals surface area contributed by atoms with Crippen molar-refractivity contribution in [2.75, 3.05) is 33.3 Å². The molecule has 0 radical (unpaired) electrons. The number of rotatable bonds is 6. The van der Waals surface area contributed by atoms with Crippen LogP contribution in [0.3, 0.4) is 0 Å². The maximum absolute atomic E-state index is 12.5. The molecule has 1 aromatic rings. The first-order valence-electron chi connectivity index (χ1n) is 9.03. The molecule has 28 heavy (non-hydrogen) atoms. The number of carbonyl (C=O) groups is 2. The molecule has 1 fully saturated rings. The summed E-state index contributed by atoms with van der Waals surface area (Å²) in [6.07, 6.45) is 0.696. The molecular formula is C18H26N4O5S. The van der Waals surface area contributed by atoms with E-state index in [1.165, 1.54) is 19.2 Å². The first kappa shape index (κ1) is 21.8. The summed E-state index contributed by atoms with van der Waals surface area (Å²) < 4.78 is 30.9. The van der Waals surface area contributed by atoms with Crippen molar-refractivity contribution in [2.45, 2.75) is 31.6 Å². The average molecular weight is 410 g/mol. The van der Waals surface area contributed by atoms with Crippen molar-refractivity contribution in [1.29, 1.82) is 0 Å². The molecule has 10 heteroatoms. The molecular weight excluding hydrogens is 384 g/mol. The van der Waals surface area contributed by atoms with Gasteiger partial charge < -0.3 is 9.64 Å². The monoisotopic (exact) mass is 410 g/mol. The molecule has 0 bridgehead atoms. The zero-order chi connectivity index (χ0) is 20.7. The number of aryl methyl sites for hydroxylation is 1. The fourth-order valence-electron chi connectivity index (χ4n) is 2.63. The van der Waals surface area contributed by atoms with Gasteiger partial charge in [0.25, 0.3) is 5.91 Å². The highest BCUT2D eigenvalue weighted by molar-refractivity contribution is 7.89. The smallest absolute Gasteiger partial charge is 0.409 e. The highest BCUT2D eigenvalue weighted by Gasteiger charge is 2.23. The van der Waals surface area contributed by atoms with E-state index in [4.69, 9.17) is 4.74 Å². The van der Waals surface area contributed by atoms with Crippen LogP contribution in [0.4, 0.5) is 4.79 Å². The van der Waals surface area contributed by atoms with E-state index < -0.39 is 15.9 Å². The first-order chi connectivity index (χ1) is 13.2. The third kappa shape index (κ3) is 5.77. The van der Waals surface area contributed by atoms with Crippen LogP contribution in [0, 0.1) is 6.92 Å². The molecule has 1 aliphatic rings. The van der Waals surface area contributed by atoms with Crippen LogP contribution < -0.4 is 5.43 Å². The Morgan fingerprint density at radius 2 is 1.82 bits per heavy atom. The minimum absolute atomic E-state index is 0.131. The van der Waals surface area contributed by atoms with E-state index in [-0.39, 0.29) is 17.5 Å².